The molecule has 1 aliphatic rings. The lowest BCUT2D eigenvalue weighted by Crippen LogP contribution is -2.20. The zero-order valence-electron chi connectivity index (χ0n) is 12.1. The van der Waals surface area contributed by atoms with E-state index in [2.05, 4.69) is 15.4 Å². The molecular weight excluding hydrogens is 335 g/mol. The van der Waals surface area contributed by atoms with Gasteiger partial charge in [-0.25, -0.2) is 4.98 Å². The number of carbonyl (C=O) groups is 1. The van der Waals surface area contributed by atoms with Crippen LogP contribution in [0.1, 0.15) is 34.8 Å². The van der Waals surface area contributed by atoms with Gasteiger partial charge in [0, 0.05) is 20.0 Å². The minimum absolute atomic E-state index is 0.342. The number of nitrogens with zero attached hydrogens (tertiary/aromatic N) is 4. The van der Waals surface area contributed by atoms with Gasteiger partial charge in [-0.3, -0.25) is 9.48 Å². The van der Waals surface area contributed by atoms with E-state index in [1.165, 1.54) is 13.2 Å². The Balaban J connectivity index is 1.90. The standard InChI is InChI=1S/C13H13ClF3N5O/c1-21-10(9(14)11(20-21)13(15,16)17)12(23)19-8-6-18-7-4-2-3-5-22(7)8/h6H,2-5H2,1H3,(H,19,23). The van der Waals surface area contributed by atoms with Crippen LogP contribution in [0, 0.1) is 0 Å². The Kier molecular flexibility index (Phi) is 3.83. The Morgan fingerprint density at radius 1 is 1.39 bits per heavy atom. The van der Waals surface area contributed by atoms with Gasteiger partial charge in [-0.2, -0.15) is 18.3 Å². The summed E-state index contributed by atoms with van der Waals surface area (Å²) in [7, 11) is 1.24. The van der Waals surface area contributed by atoms with Crippen molar-refractivity contribution in [2.45, 2.75) is 32.0 Å². The Morgan fingerprint density at radius 3 is 2.78 bits per heavy atom. The summed E-state index contributed by atoms with van der Waals surface area (Å²) in [6.45, 7) is 0.706. The van der Waals surface area contributed by atoms with Crippen LogP contribution in [0.15, 0.2) is 6.20 Å². The largest absolute Gasteiger partial charge is 0.436 e. The first-order chi connectivity index (χ1) is 10.8. The molecule has 0 fully saturated rings. The number of amides is 1. The zero-order chi connectivity index (χ0) is 16.8. The van der Waals surface area contributed by atoms with E-state index in [0.29, 0.717) is 12.4 Å². The first-order valence-electron chi connectivity index (χ1n) is 6.94. The van der Waals surface area contributed by atoms with Gasteiger partial charge in [0.2, 0.25) is 0 Å². The molecule has 1 N–H and O–H groups in total. The molecule has 2 aromatic rings. The summed E-state index contributed by atoms with van der Waals surface area (Å²) in [5, 5.41) is 5.15. The van der Waals surface area contributed by atoms with Gasteiger partial charge < -0.3 is 9.88 Å². The Labute approximate surface area is 134 Å². The fourth-order valence-electron chi connectivity index (χ4n) is 2.62. The van der Waals surface area contributed by atoms with Crippen molar-refractivity contribution < 1.29 is 18.0 Å². The minimum Gasteiger partial charge on any atom is -0.315 e. The van der Waals surface area contributed by atoms with E-state index in [0.717, 1.165) is 29.8 Å². The summed E-state index contributed by atoms with van der Waals surface area (Å²) in [5.41, 5.74) is -1.62. The van der Waals surface area contributed by atoms with E-state index in [4.69, 9.17) is 11.6 Å². The minimum atomic E-state index is -4.72. The lowest BCUT2D eigenvalue weighted by molar-refractivity contribution is -0.141. The molecule has 10 heteroatoms. The van der Waals surface area contributed by atoms with Crippen molar-refractivity contribution in [1.82, 2.24) is 19.3 Å². The molecule has 6 nitrogen and oxygen atoms in total. The van der Waals surface area contributed by atoms with Crippen LogP contribution >= 0.6 is 11.6 Å². The van der Waals surface area contributed by atoms with Gasteiger partial charge >= 0.3 is 6.18 Å². The molecule has 1 aliphatic heterocycles. The number of nitrogens with one attached hydrogen (secondary N) is 1. The normalized spacial score (nSPS) is 14.7. The molecule has 1 amide bonds. The topological polar surface area (TPSA) is 64.7 Å². The van der Waals surface area contributed by atoms with Crippen molar-refractivity contribution in [3.05, 3.63) is 28.4 Å². The summed E-state index contributed by atoms with van der Waals surface area (Å²) >= 11 is 5.71. The fraction of sp³-hybridized carbons (Fsp3) is 0.462. The molecule has 0 aromatic carbocycles. The Morgan fingerprint density at radius 2 is 2.13 bits per heavy atom. The molecule has 2 aromatic heterocycles. The van der Waals surface area contributed by atoms with Gasteiger partial charge in [0.1, 0.15) is 22.4 Å². The van der Waals surface area contributed by atoms with Crippen LogP contribution in [0.4, 0.5) is 19.0 Å². The van der Waals surface area contributed by atoms with E-state index >= 15 is 0 Å². The maximum atomic E-state index is 12.8. The first kappa shape index (κ1) is 15.9. The van der Waals surface area contributed by atoms with Gasteiger partial charge in [-0.1, -0.05) is 11.6 Å². The third-order valence-electron chi connectivity index (χ3n) is 3.68. The van der Waals surface area contributed by atoms with E-state index in [1.54, 1.807) is 0 Å². The average Bonchev–Trinajstić information content (AvgIpc) is 3.00. The highest BCUT2D eigenvalue weighted by atomic mass is 35.5. The molecular formula is C13H13ClF3N5O. The van der Waals surface area contributed by atoms with E-state index in [1.807, 2.05) is 4.57 Å². The van der Waals surface area contributed by atoms with Crippen molar-refractivity contribution in [3.8, 4) is 0 Å². The van der Waals surface area contributed by atoms with Crippen molar-refractivity contribution >= 4 is 23.3 Å². The Bertz CT molecular complexity index is 764. The second kappa shape index (κ2) is 5.55. The molecule has 0 bridgehead atoms. The summed E-state index contributed by atoms with van der Waals surface area (Å²) in [4.78, 5) is 16.5. The van der Waals surface area contributed by atoms with Crippen LogP contribution in [0.3, 0.4) is 0 Å². The number of alkyl halides is 3. The van der Waals surface area contributed by atoms with Crippen LogP contribution in [-0.4, -0.2) is 25.2 Å². The highest BCUT2D eigenvalue weighted by molar-refractivity contribution is 6.34. The summed E-state index contributed by atoms with van der Waals surface area (Å²) in [6.07, 6.45) is -0.443. The second-order valence-corrected chi connectivity index (χ2v) is 5.63. The number of fused-ring (bicyclic) bond motifs is 1. The predicted octanol–water partition coefficient (Wildman–Crippen LogP) is 2.88. The number of hydrogen-bond acceptors (Lipinski definition) is 3. The smallest absolute Gasteiger partial charge is 0.315 e. The van der Waals surface area contributed by atoms with Crippen LogP contribution in [0.25, 0.3) is 0 Å². The maximum absolute atomic E-state index is 12.8. The Hall–Kier alpha value is -2.03. The summed E-state index contributed by atoms with van der Waals surface area (Å²) in [5.74, 6) is 0.530. The molecule has 23 heavy (non-hydrogen) atoms. The second-order valence-electron chi connectivity index (χ2n) is 5.26. The van der Waals surface area contributed by atoms with Crippen LogP contribution in [0.2, 0.25) is 5.02 Å². The van der Waals surface area contributed by atoms with Crippen molar-refractivity contribution in [2.75, 3.05) is 5.32 Å². The van der Waals surface area contributed by atoms with E-state index in [9.17, 15) is 18.0 Å². The molecule has 3 heterocycles. The monoisotopic (exact) mass is 347 g/mol. The number of halogens is 4. The number of imidazole rings is 1. The van der Waals surface area contributed by atoms with Gasteiger partial charge in [0.15, 0.2) is 5.69 Å². The van der Waals surface area contributed by atoms with E-state index in [-0.39, 0.29) is 5.69 Å². The molecule has 0 radical (unpaired) electrons. The van der Waals surface area contributed by atoms with Gasteiger partial charge in [-0.15, -0.1) is 0 Å². The van der Waals surface area contributed by atoms with Crippen LogP contribution in [0.5, 0.6) is 0 Å². The van der Waals surface area contributed by atoms with Crippen molar-refractivity contribution in [3.63, 3.8) is 0 Å². The number of carbonyl (C=O) groups excluding carboxylic acids is 1. The summed E-state index contributed by atoms with van der Waals surface area (Å²) in [6, 6.07) is 0. The predicted molar refractivity (Wildman–Crippen MR) is 76.3 cm³/mol. The fourth-order valence-corrected chi connectivity index (χ4v) is 2.97. The SMILES string of the molecule is Cn1nc(C(F)(F)F)c(Cl)c1C(=O)Nc1cnc2n1CCCC2. The highest BCUT2D eigenvalue weighted by Gasteiger charge is 2.39. The first-order valence-corrected chi connectivity index (χ1v) is 7.32. The van der Waals surface area contributed by atoms with Crippen LogP contribution in [-0.2, 0) is 26.2 Å². The molecule has 0 saturated heterocycles. The molecule has 0 aliphatic carbocycles. The van der Waals surface area contributed by atoms with Gasteiger partial charge in [-0.05, 0) is 12.8 Å². The number of anilines is 1. The number of rotatable bonds is 2. The maximum Gasteiger partial charge on any atom is 0.436 e. The average molecular weight is 348 g/mol. The quantitative estimate of drug-likeness (QED) is 0.908. The van der Waals surface area contributed by atoms with Gasteiger partial charge in [0.05, 0.1) is 6.20 Å². The summed E-state index contributed by atoms with van der Waals surface area (Å²) < 4.78 is 41.1. The third-order valence-corrected chi connectivity index (χ3v) is 4.04. The molecule has 0 spiro atoms. The molecule has 124 valence electrons. The van der Waals surface area contributed by atoms with Crippen molar-refractivity contribution in [1.29, 1.82) is 0 Å². The molecule has 3 rings (SSSR count). The highest BCUT2D eigenvalue weighted by Crippen LogP contribution is 2.35. The lowest BCUT2D eigenvalue weighted by atomic mass is 10.2. The molecule has 0 saturated carbocycles. The van der Waals surface area contributed by atoms with E-state index < -0.39 is 22.8 Å². The van der Waals surface area contributed by atoms with Crippen molar-refractivity contribution in [2.24, 2.45) is 7.05 Å². The number of aromatic nitrogens is 4. The number of hydrogen-bond donors (Lipinski definition) is 1. The molecule has 0 unspecified atom stereocenters. The van der Waals surface area contributed by atoms with Crippen LogP contribution < -0.4 is 5.32 Å². The van der Waals surface area contributed by atoms with Gasteiger partial charge in [0.25, 0.3) is 5.91 Å². The number of aryl methyl sites for hydroxylation is 2. The molecule has 0 atom stereocenters. The lowest BCUT2D eigenvalue weighted by Gasteiger charge is -2.16. The zero-order valence-corrected chi connectivity index (χ0v) is 12.9. The third kappa shape index (κ3) is 2.80.